The predicted octanol–water partition coefficient (Wildman–Crippen LogP) is 3.35. The van der Waals surface area contributed by atoms with Crippen LogP contribution < -0.4 is 11.1 Å². The third-order valence-corrected chi connectivity index (χ3v) is 4.68. The summed E-state index contributed by atoms with van der Waals surface area (Å²) in [5.41, 5.74) is 6.71. The van der Waals surface area contributed by atoms with E-state index in [4.69, 9.17) is 40.5 Å². The van der Waals surface area contributed by atoms with E-state index in [1.165, 1.54) is 6.07 Å². The summed E-state index contributed by atoms with van der Waals surface area (Å²) in [5.74, 6) is 0.298. The van der Waals surface area contributed by atoms with Crippen LogP contribution in [0.5, 0.6) is 5.75 Å². The number of phenolic OH excluding ortho intramolecular Hbond substituents is 1. The quantitative estimate of drug-likeness (QED) is 0.734. The molecule has 1 aliphatic heterocycles. The first-order chi connectivity index (χ1) is 8.52. The summed E-state index contributed by atoms with van der Waals surface area (Å²) < 4.78 is 0. The molecule has 0 amide bonds. The van der Waals surface area contributed by atoms with Crippen molar-refractivity contribution in [3.63, 3.8) is 0 Å². The highest BCUT2D eigenvalue weighted by Gasteiger charge is 2.27. The molecule has 0 spiro atoms. The van der Waals surface area contributed by atoms with E-state index in [0.717, 1.165) is 25.9 Å². The molecule has 3 nitrogen and oxygen atoms in total. The molecule has 1 aromatic carbocycles. The van der Waals surface area contributed by atoms with Crippen molar-refractivity contribution in [2.45, 2.75) is 18.9 Å². The average molecular weight is 310 g/mol. The van der Waals surface area contributed by atoms with Crippen LogP contribution in [0.25, 0.3) is 0 Å². The third-order valence-electron chi connectivity index (χ3n) is 3.40. The molecule has 0 radical (unpaired) electrons. The molecule has 0 aromatic heterocycles. The zero-order chi connectivity index (χ0) is 13.3. The minimum atomic E-state index is -0.325. The van der Waals surface area contributed by atoms with Gasteiger partial charge in [0.05, 0.1) is 15.1 Å². The first-order valence-corrected chi connectivity index (χ1v) is 6.98. The van der Waals surface area contributed by atoms with Crippen LogP contribution in [0.3, 0.4) is 0 Å². The van der Waals surface area contributed by atoms with Crippen molar-refractivity contribution in [1.29, 1.82) is 0 Å². The molecule has 1 heterocycles. The second-order valence-electron chi connectivity index (χ2n) is 4.53. The van der Waals surface area contributed by atoms with Gasteiger partial charge in [0.15, 0.2) is 0 Å². The smallest absolute Gasteiger partial charge is 0.123 e. The van der Waals surface area contributed by atoms with Gasteiger partial charge in [0.25, 0.3) is 0 Å². The van der Waals surface area contributed by atoms with E-state index in [-0.39, 0.29) is 32.8 Å². The fourth-order valence-electron chi connectivity index (χ4n) is 2.35. The number of phenols is 1. The second-order valence-corrected chi connectivity index (χ2v) is 5.70. The van der Waals surface area contributed by atoms with Gasteiger partial charge in [-0.15, -0.1) is 0 Å². The van der Waals surface area contributed by atoms with Crippen molar-refractivity contribution >= 4 is 34.8 Å². The Balaban J connectivity index is 2.34. The van der Waals surface area contributed by atoms with Gasteiger partial charge in [0.2, 0.25) is 0 Å². The maximum Gasteiger partial charge on any atom is 0.123 e. The van der Waals surface area contributed by atoms with Crippen LogP contribution in [-0.2, 0) is 0 Å². The molecule has 1 saturated heterocycles. The molecule has 0 bridgehead atoms. The van der Waals surface area contributed by atoms with Crippen LogP contribution in [0.1, 0.15) is 24.4 Å². The van der Waals surface area contributed by atoms with Gasteiger partial charge >= 0.3 is 0 Å². The molecule has 100 valence electrons. The van der Waals surface area contributed by atoms with Gasteiger partial charge in [0.1, 0.15) is 5.75 Å². The summed E-state index contributed by atoms with van der Waals surface area (Å²) in [6.45, 7) is 1.86. The molecule has 6 heteroatoms. The maximum absolute atomic E-state index is 9.97. The van der Waals surface area contributed by atoms with E-state index in [1.807, 2.05) is 0 Å². The Morgan fingerprint density at radius 3 is 2.44 bits per heavy atom. The molecule has 2 rings (SSSR count). The van der Waals surface area contributed by atoms with E-state index in [2.05, 4.69) is 5.32 Å². The van der Waals surface area contributed by atoms with Crippen LogP contribution in [0.4, 0.5) is 0 Å². The number of nitrogens with two attached hydrogens (primary N) is 1. The minimum absolute atomic E-state index is 0.0143. The van der Waals surface area contributed by atoms with Gasteiger partial charge in [-0.05, 0) is 31.8 Å². The van der Waals surface area contributed by atoms with E-state index in [0.29, 0.717) is 5.56 Å². The van der Waals surface area contributed by atoms with Gasteiger partial charge < -0.3 is 16.2 Å². The predicted molar refractivity (Wildman–Crippen MR) is 75.7 cm³/mol. The lowest BCUT2D eigenvalue weighted by atomic mass is 9.86. The Hall–Kier alpha value is -0.190. The maximum atomic E-state index is 9.97. The molecular formula is C12H15Cl3N2O. The van der Waals surface area contributed by atoms with Crippen LogP contribution >= 0.6 is 34.8 Å². The Morgan fingerprint density at radius 1 is 1.22 bits per heavy atom. The van der Waals surface area contributed by atoms with Crippen molar-refractivity contribution in [2.24, 2.45) is 11.7 Å². The minimum Gasteiger partial charge on any atom is -0.507 e. The lowest BCUT2D eigenvalue weighted by Crippen LogP contribution is -2.34. The fraction of sp³-hybridized carbons (Fsp3) is 0.500. The molecule has 1 aliphatic rings. The summed E-state index contributed by atoms with van der Waals surface area (Å²) in [6, 6.07) is 1.07. The Labute approximate surface area is 121 Å². The van der Waals surface area contributed by atoms with Gasteiger partial charge in [-0.25, -0.2) is 0 Å². The molecule has 0 unspecified atom stereocenters. The Morgan fingerprint density at radius 2 is 1.83 bits per heavy atom. The van der Waals surface area contributed by atoms with Crippen molar-refractivity contribution in [3.05, 3.63) is 26.7 Å². The van der Waals surface area contributed by atoms with Crippen LogP contribution in [0.15, 0.2) is 6.07 Å². The Kier molecular flexibility index (Phi) is 4.62. The third kappa shape index (κ3) is 2.70. The molecule has 4 N–H and O–H groups in total. The summed E-state index contributed by atoms with van der Waals surface area (Å²) in [4.78, 5) is 0. The summed E-state index contributed by atoms with van der Waals surface area (Å²) >= 11 is 18.0. The van der Waals surface area contributed by atoms with E-state index in [9.17, 15) is 5.11 Å². The summed E-state index contributed by atoms with van der Waals surface area (Å²) in [7, 11) is 0. The topological polar surface area (TPSA) is 58.3 Å². The number of piperidine rings is 1. The van der Waals surface area contributed by atoms with Crippen LogP contribution in [0.2, 0.25) is 15.1 Å². The van der Waals surface area contributed by atoms with Crippen molar-refractivity contribution < 1.29 is 5.11 Å². The first-order valence-electron chi connectivity index (χ1n) is 5.85. The average Bonchev–Trinajstić information content (AvgIpc) is 2.37. The normalized spacial score (nSPS) is 18.9. The number of hydrogen-bond acceptors (Lipinski definition) is 3. The highest BCUT2D eigenvalue weighted by molar-refractivity contribution is 6.48. The lowest BCUT2D eigenvalue weighted by Gasteiger charge is -2.29. The molecule has 1 atom stereocenters. The first kappa shape index (κ1) is 14.2. The van der Waals surface area contributed by atoms with Gasteiger partial charge in [0, 0.05) is 17.7 Å². The number of halogens is 3. The second kappa shape index (κ2) is 5.85. The molecular weight excluding hydrogens is 295 g/mol. The molecule has 18 heavy (non-hydrogen) atoms. The number of benzene rings is 1. The van der Waals surface area contributed by atoms with E-state index in [1.54, 1.807) is 0 Å². The number of nitrogens with one attached hydrogen (secondary N) is 1. The number of aromatic hydroxyl groups is 1. The van der Waals surface area contributed by atoms with Crippen molar-refractivity contribution in [2.75, 3.05) is 13.1 Å². The zero-order valence-corrected chi connectivity index (χ0v) is 12.0. The number of rotatable bonds is 2. The summed E-state index contributed by atoms with van der Waals surface area (Å²) in [5, 5.41) is 14.0. The standard InChI is InChI=1S/C12H15Cl3N2O/c13-7-5-8(18)9(11(15)10(7)14)12(16)6-1-3-17-4-2-6/h5-6,12,17-18H,1-4,16H2/t12-/m0/s1. The highest BCUT2D eigenvalue weighted by atomic mass is 35.5. The molecule has 1 aromatic rings. The van der Waals surface area contributed by atoms with Gasteiger partial charge in [-0.3, -0.25) is 0 Å². The highest BCUT2D eigenvalue weighted by Crippen LogP contribution is 2.43. The van der Waals surface area contributed by atoms with Crippen molar-refractivity contribution in [1.82, 2.24) is 5.32 Å². The van der Waals surface area contributed by atoms with Crippen LogP contribution in [-0.4, -0.2) is 18.2 Å². The fourth-order valence-corrected chi connectivity index (χ4v) is 3.08. The van der Waals surface area contributed by atoms with Crippen molar-refractivity contribution in [3.8, 4) is 5.75 Å². The van der Waals surface area contributed by atoms with Gasteiger partial charge in [-0.1, -0.05) is 34.8 Å². The molecule has 0 saturated carbocycles. The van der Waals surface area contributed by atoms with E-state index < -0.39 is 0 Å². The Bertz CT molecular complexity index is 447. The van der Waals surface area contributed by atoms with Crippen LogP contribution in [0, 0.1) is 5.92 Å². The SMILES string of the molecule is N[C@H](c1c(O)cc(Cl)c(Cl)c1Cl)C1CCNCC1. The summed E-state index contributed by atoms with van der Waals surface area (Å²) in [6.07, 6.45) is 1.91. The monoisotopic (exact) mass is 308 g/mol. The lowest BCUT2D eigenvalue weighted by molar-refractivity contribution is 0.316. The molecule has 0 aliphatic carbocycles. The van der Waals surface area contributed by atoms with E-state index >= 15 is 0 Å². The largest absolute Gasteiger partial charge is 0.507 e. The van der Waals surface area contributed by atoms with Gasteiger partial charge in [-0.2, -0.15) is 0 Å². The molecule has 1 fully saturated rings. The number of hydrogen-bond donors (Lipinski definition) is 3. The zero-order valence-electron chi connectivity index (χ0n) is 9.72.